The first-order valence-electron chi connectivity index (χ1n) is 4.40. The molecule has 0 radical (unpaired) electrons. The summed E-state index contributed by atoms with van der Waals surface area (Å²) in [6.45, 7) is 1.52. The van der Waals surface area contributed by atoms with Gasteiger partial charge in [-0.25, -0.2) is 0 Å². The number of amides is 2. The van der Waals surface area contributed by atoms with Crippen LogP contribution < -0.4 is 5.43 Å². The zero-order chi connectivity index (χ0) is 12.0. The van der Waals surface area contributed by atoms with Crippen molar-refractivity contribution in [3.63, 3.8) is 0 Å². The predicted molar refractivity (Wildman–Crippen MR) is 50.3 cm³/mol. The topological polar surface area (TPSA) is 110 Å². The molecular formula is C8H16N2O5. The quantitative estimate of drug-likeness (QED) is 0.395. The third kappa shape index (κ3) is 5.31. The number of hydrazine groups is 1. The molecule has 7 heteroatoms. The SMILES string of the molecule is CC(=O)NN(C[C@@H](O)[C@H](O)CO)C(C)=O. The number of hydrogen-bond donors (Lipinski definition) is 4. The van der Waals surface area contributed by atoms with E-state index in [2.05, 4.69) is 5.43 Å². The molecule has 0 saturated carbocycles. The Labute approximate surface area is 87.3 Å². The minimum atomic E-state index is -1.35. The van der Waals surface area contributed by atoms with Gasteiger partial charge in [0.2, 0.25) is 11.8 Å². The normalized spacial score (nSPS) is 14.2. The third-order valence-electron chi connectivity index (χ3n) is 1.67. The molecule has 0 rings (SSSR count). The van der Waals surface area contributed by atoms with Crippen molar-refractivity contribution in [3.8, 4) is 0 Å². The molecule has 2 atom stereocenters. The van der Waals surface area contributed by atoms with Crippen LogP contribution in [-0.2, 0) is 9.59 Å². The molecule has 15 heavy (non-hydrogen) atoms. The Morgan fingerprint density at radius 2 is 1.80 bits per heavy atom. The number of nitrogens with zero attached hydrogens (tertiary/aromatic N) is 1. The molecular weight excluding hydrogens is 204 g/mol. The average molecular weight is 220 g/mol. The monoisotopic (exact) mass is 220 g/mol. The fourth-order valence-electron chi connectivity index (χ4n) is 0.873. The predicted octanol–water partition coefficient (Wildman–Crippen LogP) is -2.40. The molecule has 0 aliphatic rings. The summed E-state index contributed by atoms with van der Waals surface area (Å²) in [6, 6.07) is 0. The van der Waals surface area contributed by atoms with Crippen molar-refractivity contribution in [1.29, 1.82) is 0 Å². The highest BCUT2D eigenvalue weighted by atomic mass is 16.4. The van der Waals surface area contributed by atoms with Crippen molar-refractivity contribution < 1.29 is 24.9 Å². The maximum Gasteiger partial charge on any atom is 0.237 e. The van der Waals surface area contributed by atoms with Gasteiger partial charge in [0.25, 0.3) is 0 Å². The van der Waals surface area contributed by atoms with E-state index >= 15 is 0 Å². The first-order chi connectivity index (χ1) is 6.88. The second kappa shape index (κ2) is 6.33. The summed E-state index contributed by atoms with van der Waals surface area (Å²) in [5.74, 6) is -0.940. The molecule has 0 aromatic heterocycles. The van der Waals surface area contributed by atoms with E-state index in [1.165, 1.54) is 13.8 Å². The lowest BCUT2D eigenvalue weighted by Crippen LogP contribution is -2.50. The Morgan fingerprint density at radius 1 is 1.27 bits per heavy atom. The maximum absolute atomic E-state index is 11.0. The van der Waals surface area contributed by atoms with E-state index in [9.17, 15) is 14.7 Å². The number of aliphatic hydroxyl groups excluding tert-OH is 3. The van der Waals surface area contributed by atoms with Gasteiger partial charge in [-0.05, 0) is 0 Å². The molecule has 0 aromatic rings. The lowest BCUT2D eigenvalue weighted by atomic mass is 10.2. The summed E-state index contributed by atoms with van der Waals surface area (Å²) in [7, 11) is 0. The van der Waals surface area contributed by atoms with Gasteiger partial charge in [0.1, 0.15) is 12.2 Å². The Morgan fingerprint density at radius 3 is 2.13 bits per heavy atom. The molecule has 0 heterocycles. The Bertz CT molecular complexity index is 233. The van der Waals surface area contributed by atoms with Crippen LogP contribution in [0.3, 0.4) is 0 Å². The number of aliphatic hydroxyl groups is 3. The summed E-state index contributed by atoms with van der Waals surface area (Å²) in [5.41, 5.74) is 2.18. The highest BCUT2D eigenvalue weighted by Gasteiger charge is 2.21. The molecule has 4 N–H and O–H groups in total. The van der Waals surface area contributed by atoms with Gasteiger partial charge in [-0.3, -0.25) is 20.0 Å². The molecule has 0 aliphatic carbocycles. The number of nitrogens with one attached hydrogen (secondary N) is 1. The maximum atomic E-state index is 11.0. The molecule has 88 valence electrons. The largest absolute Gasteiger partial charge is 0.394 e. The molecule has 0 aromatic carbocycles. The summed E-state index contributed by atoms with van der Waals surface area (Å²) >= 11 is 0. The zero-order valence-electron chi connectivity index (χ0n) is 8.67. The van der Waals surface area contributed by atoms with Crippen LogP contribution in [0.15, 0.2) is 0 Å². The van der Waals surface area contributed by atoms with Gasteiger partial charge in [-0.15, -0.1) is 0 Å². The van der Waals surface area contributed by atoms with Gasteiger partial charge in [-0.1, -0.05) is 0 Å². The van der Waals surface area contributed by atoms with Crippen LogP contribution in [0.2, 0.25) is 0 Å². The van der Waals surface area contributed by atoms with Gasteiger partial charge in [-0.2, -0.15) is 0 Å². The van der Waals surface area contributed by atoms with Crippen LogP contribution in [0.5, 0.6) is 0 Å². The summed E-state index contributed by atoms with van der Waals surface area (Å²) in [6.07, 6.45) is -2.66. The summed E-state index contributed by atoms with van der Waals surface area (Å²) < 4.78 is 0. The molecule has 0 unspecified atom stereocenters. The fourth-order valence-corrected chi connectivity index (χ4v) is 0.873. The lowest BCUT2D eigenvalue weighted by Gasteiger charge is -2.25. The number of rotatable bonds is 4. The molecule has 0 saturated heterocycles. The Balaban J connectivity index is 4.28. The van der Waals surface area contributed by atoms with Crippen LogP contribution >= 0.6 is 0 Å². The van der Waals surface area contributed by atoms with Gasteiger partial charge < -0.3 is 15.3 Å². The van der Waals surface area contributed by atoms with E-state index in [0.717, 1.165) is 5.01 Å². The zero-order valence-corrected chi connectivity index (χ0v) is 8.67. The van der Waals surface area contributed by atoms with Crippen molar-refractivity contribution in [2.24, 2.45) is 0 Å². The van der Waals surface area contributed by atoms with Crippen molar-refractivity contribution in [2.45, 2.75) is 26.1 Å². The molecule has 0 bridgehead atoms. The molecule has 0 aliphatic heterocycles. The number of carbonyl (C=O) groups excluding carboxylic acids is 2. The highest BCUT2D eigenvalue weighted by Crippen LogP contribution is 1.96. The lowest BCUT2D eigenvalue weighted by molar-refractivity contribution is -0.142. The van der Waals surface area contributed by atoms with E-state index in [-0.39, 0.29) is 6.54 Å². The van der Waals surface area contributed by atoms with Gasteiger partial charge in [0.15, 0.2) is 0 Å². The number of hydrogen-bond acceptors (Lipinski definition) is 5. The van der Waals surface area contributed by atoms with E-state index in [1.807, 2.05) is 0 Å². The Hall–Kier alpha value is -1.18. The van der Waals surface area contributed by atoms with E-state index < -0.39 is 30.6 Å². The molecule has 0 fully saturated rings. The average Bonchev–Trinajstić information content (AvgIpc) is 2.14. The van der Waals surface area contributed by atoms with Crippen LogP contribution in [0.1, 0.15) is 13.8 Å². The van der Waals surface area contributed by atoms with Crippen molar-refractivity contribution in [3.05, 3.63) is 0 Å². The van der Waals surface area contributed by atoms with Gasteiger partial charge in [0, 0.05) is 13.8 Å². The van der Waals surface area contributed by atoms with Crippen LogP contribution in [0.25, 0.3) is 0 Å². The van der Waals surface area contributed by atoms with Crippen molar-refractivity contribution >= 4 is 11.8 Å². The fraction of sp³-hybridized carbons (Fsp3) is 0.750. The van der Waals surface area contributed by atoms with Crippen LogP contribution in [0, 0.1) is 0 Å². The van der Waals surface area contributed by atoms with Crippen LogP contribution in [0.4, 0.5) is 0 Å². The van der Waals surface area contributed by atoms with Crippen LogP contribution in [-0.4, -0.2) is 57.5 Å². The van der Waals surface area contributed by atoms with E-state index in [4.69, 9.17) is 10.2 Å². The standard InChI is InChI=1S/C8H16N2O5/c1-5(12)9-10(6(2)13)3-7(14)8(15)4-11/h7-8,11,14-15H,3-4H2,1-2H3,(H,9,12)/t7-,8-/m1/s1. The minimum Gasteiger partial charge on any atom is -0.394 e. The molecule has 0 spiro atoms. The summed E-state index contributed by atoms with van der Waals surface area (Å²) in [4.78, 5) is 21.7. The van der Waals surface area contributed by atoms with Gasteiger partial charge in [0.05, 0.1) is 13.2 Å². The minimum absolute atomic E-state index is 0.281. The van der Waals surface area contributed by atoms with Crippen molar-refractivity contribution in [2.75, 3.05) is 13.2 Å². The third-order valence-corrected chi connectivity index (χ3v) is 1.67. The number of carbonyl (C=O) groups is 2. The summed E-state index contributed by atoms with van der Waals surface area (Å²) in [5, 5.41) is 27.7. The van der Waals surface area contributed by atoms with Crippen molar-refractivity contribution in [1.82, 2.24) is 10.4 Å². The molecule has 7 nitrogen and oxygen atoms in total. The second-order valence-electron chi connectivity index (χ2n) is 3.11. The Kier molecular flexibility index (Phi) is 5.83. The first kappa shape index (κ1) is 13.8. The first-order valence-corrected chi connectivity index (χ1v) is 4.40. The molecule has 2 amide bonds. The van der Waals surface area contributed by atoms with E-state index in [1.54, 1.807) is 0 Å². The second-order valence-corrected chi connectivity index (χ2v) is 3.11. The van der Waals surface area contributed by atoms with E-state index in [0.29, 0.717) is 0 Å². The smallest absolute Gasteiger partial charge is 0.237 e. The highest BCUT2D eigenvalue weighted by molar-refractivity contribution is 5.79. The van der Waals surface area contributed by atoms with Gasteiger partial charge >= 0.3 is 0 Å².